The molecule has 166 valence electrons. The molecule has 2 saturated heterocycles. The van der Waals surface area contributed by atoms with Crippen molar-refractivity contribution in [3.63, 3.8) is 0 Å². The molecule has 2 aliphatic rings. The van der Waals surface area contributed by atoms with E-state index < -0.39 is 0 Å². The molecular formula is C23H30N4O4. The fraction of sp³-hybridized carbons (Fsp3) is 0.478. The van der Waals surface area contributed by atoms with Crippen molar-refractivity contribution in [2.45, 2.75) is 13.1 Å². The Kier molecular flexibility index (Phi) is 7.35. The largest absolute Gasteiger partial charge is 0.459 e. The van der Waals surface area contributed by atoms with Crippen molar-refractivity contribution >= 4 is 11.8 Å². The molecule has 3 heterocycles. The van der Waals surface area contributed by atoms with E-state index in [0.717, 1.165) is 38.4 Å². The number of carbonyl (C=O) groups is 2. The number of nitrogens with one attached hydrogen (secondary N) is 1. The second kappa shape index (κ2) is 10.6. The van der Waals surface area contributed by atoms with Gasteiger partial charge >= 0.3 is 0 Å². The molecule has 31 heavy (non-hydrogen) atoms. The Morgan fingerprint density at radius 2 is 1.58 bits per heavy atom. The SMILES string of the molecule is O=C(CN1CCN(C(=O)c2ccco2)CC1)NCc1ccc(CN2CCOCC2)cc1. The Labute approximate surface area is 182 Å². The summed E-state index contributed by atoms with van der Waals surface area (Å²) in [6, 6.07) is 11.8. The summed E-state index contributed by atoms with van der Waals surface area (Å²) in [7, 11) is 0. The maximum absolute atomic E-state index is 12.3. The van der Waals surface area contributed by atoms with Crippen molar-refractivity contribution in [2.75, 3.05) is 59.0 Å². The van der Waals surface area contributed by atoms with Crippen LogP contribution in [0.15, 0.2) is 47.1 Å². The number of ether oxygens (including phenoxy) is 1. The molecule has 2 aromatic rings. The third-order valence-corrected chi connectivity index (χ3v) is 5.78. The molecule has 1 aromatic heterocycles. The number of piperazine rings is 1. The summed E-state index contributed by atoms with van der Waals surface area (Å²) in [6.07, 6.45) is 1.51. The summed E-state index contributed by atoms with van der Waals surface area (Å²) in [5.74, 6) is 0.275. The standard InChI is InChI=1S/C23H30N4O4/c28-22(18-25-7-9-27(10-8-25)23(29)21-2-1-13-31-21)24-16-19-3-5-20(6-4-19)17-26-11-14-30-15-12-26/h1-6,13H,7-12,14-18H2,(H,24,28). The van der Waals surface area contributed by atoms with Gasteiger partial charge in [0, 0.05) is 52.4 Å². The smallest absolute Gasteiger partial charge is 0.289 e. The predicted molar refractivity (Wildman–Crippen MR) is 115 cm³/mol. The molecule has 2 fully saturated rings. The minimum Gasteiger partial charge on any atom is -0.459 e. The topological polar surface area (TPSA) is 78.3 Å². The quantitative estimate of drug-likeness (QED) is 0.717. The van der Waals surface area contributed by atoms with E-state index in [1.54, 1.807) is 17.0 Å². The molecule has 0 saturated carbocycles. The van der Waals surface area contributed by atoms with Gasteiger partial charge in [0.2, 0.25) is 5.91 Å². The molecule has 0 atom stereocenters. The highest BCUT2D eigenvalue weighted by Gasteiger charge is 2.24. The first-order valence-electron chi connectivity index (χ1n) is 10.9. The third-order valence-electron chi connectivity index (χ3n) is 5.78. The number of furan rings is 1. The van der Waals surface area contributed by atoms with Gasteiger partial charge in [0.05, 0.1) is 26.0 Å². The van der Waals surface area contributed by atoms with Crippen LogP contribution in [0.3, 0.4) is 0 Å². The van der Waals surface area contributed by atoms with Crippen molar-refractivity contribution in [3.05, 3.63) is 59.5 Å². The monoisotopic (exact) mass is 426 g/mol. The molecule has 0 spiro atoms. The summed E-state index contributed by atoms with van der Waals surface area (Å²) in [5.41, 5.74) is 2.37. The van der Waals surface area contributed by atoms with Crippen LogP contribution in [-0.4, -0.2) is 85.5 Å². The zero-order chi connectivity index (χ0) is 21.5. The van der Waals surface area contributed by atoms with Gasteiger partial charge in [0.25, 0.3) is 5.91 Å². The molecule has 0 bridgehead atoms. The van der Waals surface area contributed by atoms with E-state index in [1.807, 2.05) is 0 Å². The lowest BCUT2D eigenvalue weighted by Crippen LogP contribution is -2.51. The van der Waals surface area contributed by atoms with E-state index in [9.17, 15) is 9.59 Å². The summed E-state index contributed by atoms with van der Waals surface area (Å²) in [5, 5.41) is 3.00. The number of benzene rings is 1. The highest BCUT2D eigenvalue weighted by molar-refractivity contribution is 5.91. The Balaban J connectivity index is 1.15. The number of nitrogens with zero attached hydrogens (tertiary/aromatic N) is 3. The molecule has 1 N–H and O–H groups in total. The van der Waals surface area contributed by atoms with Gasteiger partial charge in [-0.25, -0.2) is 0 Å². The van der Waals surface area contributed by atoms with Crippen molar-refractivity contribution in [1.82, 2.24) is 20.0 Å². The van der Waals surface area contributed by atoms with Gasteiger partial charge in [0.1, 0.15) is 0 Å². The van der Waals surface area contributed by atoms with Crippen LogP contribution in [0, 0.1) is 0 Å². The van der Waals surface area contributed by atoms with Crippen LogP contribution in [-0.2, 0) is 22.6 Å². The Hall–Kier alpha value is -2.68. The molecule has 0 aliphatic carbocycles. The Morgan fingerprint density at radius 3 is 2.26 bits per heavy atom. The van der Waals surface area contributed by atoms with Crippen molar-refractivity contribution in [1.29, 1.82) is 0 Å². The average molecular weight is 427 g/mol. The van der Waals surface area contributed by atoms with Crippen LogP contribution >= 0.6 is 0 Å². The first kappa shape index (κ1) is 21.5. The Bertz CT molecular complexity index is 839. The van der Waals surface area contributed by atoms with Gasteiger partial charge in [-0.1, -0.05) is 24.3 Å². The number of rotatable bonds is 7. The highest BCUT2D eigenvalue weighted by atomic mass is 16.5. The first-order valence-corrected chi connectivity index (χ1v) is 10.9. The normalized spacial score (nSPS) is 18.1. The van der Waals surface area contributed by atoms with Gasteiger partial charge < -0.3 is 19.4 Å². The average Bonchev–Trinajstić information content (AvgIpc) is 3.34. The van der Waals surface area contributed by atoms with Crippen LogP contribution in [0.2, 0.25) is 0 Å². The first-order chi connectivity index (χ1) is 15.2. The summed E-state index contributed by atoms with van der Waals surface area (Å²) in [6.45, 7) is 7.90. The van der Waals surface area contributed by atoms with Crippen LogP contribution < -0.4 is 5.32 Å². The fourth-order valence-corrected chi connectivity index (χ4v) is 3.90. The predicted octanol–water partition coefficient (Wildman–Crippen LogP) is 1.19. The molecule has 0 unspecified atom stereocenters. The summed E-state index contributed by atoms with van der Waals surface area (Å²) < 4.78 is 10.6. The van der Waals surface area contributed by atoms with Crippen LogP contribution in [0.25, 0.3) is 0 Å². The molecule has 8 heteroatoms. The lowest BCUT2D eigenvalue weighted by molar-refractivity contribution is -0.122. The molecular weight excluding hydrogens is 396 g/mol. The minimum atomic E-state index is -0.0915. The number of amides is 2. The molecule has 8 nitrogen and oxygen atoms in total. The van der Waals surface area contributed by atoms with Crippen molar-refractivity contribution < 1.29 is 18.7 Å². The minimum absolute atomic E-state index is 0.00297. The third kappa shape index (κ3) is 6.16. The van der Waals surface area contributed by atoms with E-state index in [-0.39, 0.29) is 11.8 Å². The zero-order valence-corrected chi connectivity index (χ0v) is 17.8. The fourth-order valence-electron chi connectivity index (χ4n) is 3.90. The van der Waals surface area contributed by atoms with Crippen molar-refractivity contribution in [3.8, 4) is 0 Å². The number of hydrogen-bond donors (Lipinski definition) is 1. The van der Waals surface area contributed by atoms with Gasteiger partial charge in [-0.15, -0.1) is 0 Å². The summed E-state index contributed by atoms with van der Waals surface area (Å²) in [4.78, 5) is 30.9. The van der Waals surface area contributed by atoms with E-state index in [1.165, 1.54) is 11.8 Å². The van der Waals surface area contributed by atoms with Crippen LogP contribution in [0.1, 0.15) is 21.7 Å². The highest BCUT2D eigenvalue weighted by Crippen LogP contribution is 2.11. The number of carbonyl (C=O) groups excluding carboxylic acids is 2. The number of hydrogen-bond acceptors (Lipinski definition) is 6. The molecule has 2 aliphatic heterocycles. The lowest BCUT2D eigenvalue weighted by Gasteiger charge is -2.33. The van der Waals surface area contributed by atoms with Crippen LogP contribution in [0.5, 0.6) is 0 Å². The second-order valence-corrected chi connectivity index (χ2v) is 8.03. The maximum atomic E-state index is 12.3. The number of morpholine rings is 1. The maximum Gasteiger partial charge on any atom is 0.289 e. The second-order valence-electron chi connectivity index (χ2n) is 8.03. The van der Waals surface area contributed by atoms with Gasteiger partial charge in [-0.05, 0) is 23.3 Å². The van der Waals surface area contributed by atoms with Gasteiger partial charge in [-0.2, -0.15) is 0 Å². The van der Waals surface area contributed by atoms with Crippen LogP contribution in [0.4, 0.5) is 0 Å². The molecule has 1 aromatic carbocycles. The van der Waals surface area contributed by atoms with E-state index in [0.29, 0.717) is 45.0 Å². The summed E-state index contributed by atoms with van der Waals surface area (Å²) >= 11 is 0. The van der Waals surface area contributed by atoms with E-state index >= 15 is 0 Å². The van der Waals surface area contributed by atoms with E-state index in [2.05, 4.69) is 39.4 Å². The molecule has 0 radical (unpaired) electrons. The molecule has 2 amide bonds. The van der Waals surface area contributed by atoms with Gasteiger partial charge in [0.15, 0.2) is 5.76 Å². The van der Waals surface area contributed by atoms with Gasteiger partial charge in [-0.3, -0.25) is 19.4 Å². The van der Waals surface area contributed by atoms with Crippen molar-refractivity contribution in [2.24, 2.45) is 0 Å². The lowest BCUT2D eigenvalue weighted by atomic mass is 10.1. The Morgan fingerprint density at radius 1 is 0.871 bits per heavy atom. The van der Waals surface area contributed by atoms with E-state index in [4.69, 9.17) is 9.15 Å². The zero-order valence-electron chi connectivity index (χ0n) is 17.8. The molecule has 4 rings (SSSR count).